The van der Waals surface area contributed by atoms with Crippen molar-refractivity contribution in [3.05, 3.63) is 89.1 Å². The van der Waals surface area contributed by atoms with Crippen molar-refractivity contribution in [3.63, 3.8) is 0 Å². The zero-order chi connectivity index (χ0) is 22.1. The van der Waals surface area contributed by atoms with E-state index in [1.807, 2.05) is 24.3 Å². The van der Waals surface area contributed by atoms with E-state index in [2.05, 4.69) is 9.80 Å². The van der Waals surface area contributed by atoms with Gasteiger partial charge in [-0.25, -0.2) is 4.39 Å². The largest absolute Gasteiger partial charge is 0.468 e. The number of imide groups is 1. The van der Waals surface area contributed by atoms with Gasteiger partial charge in [-0.05, 0) is 42.3 Å². The van der Waals surface area contributed by atoms with Gasteiger partial charge in [0.25, 0.3) is 11.8 Å². The Morgan fingerprint density at radius 2 is 1.69 bits per heavy atom. The summed E-state index contributed by atoms with van der Waals surface area (Å²) in [5, 5.41) is 0. The predicted octanol–water partition coefficient (Wildman–Crippen LogP) is 3.58. The van der Waals surface area contributed by atoms with Gasteiger partial charge in [0.1, 0.15) is 11.6 Å². The number of nitrogens with zero attached hydrogens (tertiary/aromatic N) is 3. The van der Waals surface area contributed by atoms with Gasteiger partial charge >= 0.3 is 0 Å². The second-order valence-corrected chi connectivity index (χ2v) is 8.15. The van der Waals surface area contributed by atoms with E-state index >= 15 is 0 Å². The Kier molecular flexibility index (Phi) is 5.49. The van der Waals surface area contributed by atoms with Gasteiger partial charge in [0, 0.05) is 32.7 Å². The first-order chi connectivity index (χ1) is 15.6. The topological polar surface area (TPSA) is 57.0 Å². The zero-order valence-corrected chi connectivity index (χ0v) is 17.7. The normalized spacial score (nSPS) is 16.7. The molecule has 0 aliphatic carbocycles. The van der Waals surface area contributed by atoms with E-state index < -0.39 is 0 Å². The number of hydrogen-bond donors (Lipinski definition) is 0. The van der Waals surface area contributed by atoms with E-state index in [4.69, 9.17) is 4.42 Å². The molecule has 2 aliphatic rings. The fourth-order valence-electron chi connectivity index (χ4n) is 4.49. The molecule has 2 aliphatic heterocycles. The lowest BCUT2D eigenvalue weighted by molar-refractivity contribution is 0.0656. The van der Waals surface area contributed by atoms with Gasteiger partial charge in [0.15, 0.2) is 0 Å². The van der Waals surface area contributed by atoms with E-state index in [0.717, 1.165) is 44.2 Å². The summed E-state index contributed by atoms with van der Waals surface area (Å²) in [6, 6.07) is 15.8. The highest BCUT2D eigenvalue weighted by atomic mass is 19.1. The van der Waals surface area contributed by atoms with Crippen LogP contribution < -0.4 is 4.90 Å². The van der Waals surface area contributed by atoms with Crippen molar-refractivity contribution in [2.45, 2.75) is 13.0 Å². The van der Waals surface area contributed by atoms with Gasteiger partial charge in [-0.1, -0.05) is 24.3 Å². The lowest BCUT2D eigenvalue weighted by Gasteiger charge is -2.36. The van der Waals surface area contributed by atoms with Crippen molar-refractivity contribution in [3.8, 4) is 0 Å². The molecule has 0 bridgehead atoms. The first kappa shape index (κ1) is 20.5. The second kappa shape index (κ2) is 8.59. The van der Waals surface area contributed by atoms with Crippen LogP contribution in [0.15, 0.2) is 65.3 Å². The number of furan rings is 1. The average molecular weight is 433 g/mol. The molecule has 3 aromatic rings. The molecule has 5 rings (SSSR count). The maximum Gasteiger partial charge on any atom is 0.263 e. The molecule has 1 fully saturated rings. The number of piperazine rings is 1. The maximum atomic E-state index is 14.0. The maximum absolute atomic E-state index is 14.0. The van der Waals surface area contributed by atoms with Crippen LogP contribution in [0.4, 0.5) is 10.1 Å². The smallest absolute Gasteiger partial charge is 0.263 e. The molecule has 0 radical (unpaired) electrons. The number of rotatable bonds is 6. The van der Waals surface area contributed by atoms with Crippen LogP contribution in [0, 0.1) is 5.82 Å². The molecule has 0 unspecified atom stereocenters. The third-order valence-electron chi connectivity index (χ3n) is 6.21. The molecule has 0 saturated carbocycles. The number of carbonyl (C=O) groups is 2. The summed E-state index contributed by atoms with van der Waals surface area (Å²) in [4.78, 5) is 31.9. The Morgan fingerprint density at radius 1 is 0.875 bits per heavy atom. The number of carbonyl (C=O) groups excluding carboxylic acids is 2. The summed E-state index contributed by atoms with van der Waals surface area (Å²) in [5.41, 5.74) is 2.19. The van der Waals surface area contributed by atoms with E-state index in [1.54, 1.807) is 30.5 Å². The van der Waals surface area contributed by atoms with E-state index in [9.17, 15) is 14.0 Å². The summed E-state index contributed by atoms with van der Waals surface area (Å²) < 4.78 is 19.4. The van der Waals surface area contributed by atoms with Crippen LogP contribution in [0.3, 0.4) is 0 Å². The van der Waals surface area contributed by atoms with Gasteiger partial charge in [-0.2, -0.15) is 0 Å². The molecule has 2 aromatic carbocycles. The summed E-state index contributed by atoms with van der Waals surface area (Å²) in [6.07, 6.45) is 1.97. The van der Waals surface area contributed by atoms with Crippen molar-refractivity contribution >= 4 is 17.5 Å². The van der Waals surface area contributed by atoms with Crippen LogP contribution in [0.5, 0.6) is 0 Å². The second-order valence-electron chi connectivity index (χ2n) is 8.15. The number of anilines is 1. The van der Waals surface area contributed by atoms with Crippen molar-refractivity contribution in [2.75, 3.05) is 37.6 Å². The van der Waals surface area contributed by atoms with Crippen molar-refractivity contribution < 1.29 is 18.4 Å². The van der Waals surface area contributed by atoms with Gasteiger partial charge < -0.3 is 9.32 Å². The van der Waals surface area contributed by atoms with Crippen LogP contribution in [0.1, 0.15) is 32.0 Å². The third kappa shape index (κ3) is 3.80. The first-order valence-corrected chi connectivity index (χ1v) is 10.8. The molecular formula is C25H24FN3O3. The number of halogens is 1. The van der Waals surface area contributed by atoms with Crippen molar-refractivity contribution in [1.29, 1.82) is 0 Å². The minimum atomic E-state index is -0.322. The quantitative estimate of drug-likeness (QED) is 0.556. The Morgan fingerprint density at radius 3 is 2.44 bits per heavy atom. The van der Waals surface area contributed by atoms with Crippen LogP contribution >= 0.6 is 0 Å². The Balaban J connectivity index is 1.29. The molecule has 2 amide bonds. The Labute approximate surface area is 185 Å². The average Bonchev–Trinajstić information content (AvgIpc) is 3.41. The van der Waals surface area contributed by atoms with E-state index in [1.165, 1.54) is 11.0 Å². The molecule has 32 heavy (non-hydrogen) atoms. The van der Waals surface area contributed by atoms with E-state index in [0.29, 0.717) is 23.1 Å². The van der Waals surface area contributed by atoms with Crippen molar-refractivity contribution in [2.24, 2.45) is 0 Å². The van der Waals surface area contributed by atoms with Crippen molar-refractivity contribution in [1.82, 2.24) is 9.80 Å². The van der Waals surface area contributed by atoms with Gasteiger partial charge in [0.2, 0.25) is 0 Å². The minimum Gasteiger partial charge on any atom is -0.468 e. The summed E-state index contributed by atoms with van der Waals surface area (Å²) in [7, 11) is 0. The summed E-state index contributed by atoms with van der Waals surface area (Å²) >= 11 is 0. The Hall–Kier alpha value is -3.45. The number of fused-ring (bicyclic) bond motifs is 1. The molecule has 1 saturated heterocycles. The molecule has 1 aromatic heterocycles. The number of benzene rings is 2. The summed E-state index contributed by atoms with van der Waals surface area (Å²) in [6.45, 7) is 4.10. The van der Waals surface area contributed by atoms with Crippen LogP contribution in [-0.4, -0.2) is 54.3 Å². The molecule has 0 spiro atoms. The minimum absolute atomic E-state index is 0.156. The fourth-order valence-corrected chi connectivity index (χ4v) is 4.49. The SMILES string of the molecule is O=C1c2cccc(N3CCN(Cc4ccco4)CC3)c2C(=O)N1CCc1ccccc1F. The molecule has 0 atom stereocenters. The first-order valence-electron chi connectivity index (χ1n) is 10.8. The number of amides is 2. The molecule has 164 valence electrons. The third-order valence-corrected chi connectivity index (χ3v) is 6.21. The standard InChI is InChI=1S/C25H24FN3O3/c26-21-8-2-1-5-18(21)10-11-29-24(30)20-7-3-9-22(23(20)25(29)31)28-14-12-27(13-15-28)17-19-6-4-16-32-19/h1-9,16H,10-15,17H2. The number of hydrogen-bond acceptors (Lipinski definition) is 5. The van der Waals surface area contributed by atoms with Crippen LogP contribution in [-0.2, 0) is 13.0 Å². The predicted molar refractivity (Wildman–Crippen MR) is 118 cm³/mol. The monoisotopic (exact) mass is 433 g/mol. The molecule has 6 nitrogen and oxygen atoms in total. The lowest BCUT2D eigenvalue weighted by Crippen LogP contribution is -2.46. The fraction of sp³-hybridized carbons (Fsp3) is 0.280. The van der Waals surface area contributed by atoms with Crippen LogP contribution in [0.25, 0.3) is 0 Å². The highest BCUT2D eigenvalue weighted by molar-refractivity contribution is 6.23. The van der Waals surface area contributed by atoms with Gasteiger partial charge in [0.05, 0.1) is 29.6 Å². The summed E-state index contributed by atoms with van der Waals surface area (Å²) in [5.74, 6) is 0.0112. The van der Waals surface area contributed by atoms with E-state index in [-0.39, 0.29) is 24.2 Å². The highest BCUT2D eigenvalue weighted by Gasteiger charge is 2.38. The van der Waals surface area contributed by atoms with Gasteiger partial charge in [-0.15, -0.1) is 0 Å². The molecule has 0 N–H and O–H groups in total. The molecular weight excluding hydrogens is 409 g/mol. The van der Waals surface area contributed by atoms with Gasteiger partial charge in [-0.3, -0.25) is 19.4 Å². The Bertz CT molecular complexity index is 1140. The zero-order valence-electron chi connectivity index (χ0n) is 17.7. The highest BCUT2D eigenvalue weighted by Crippen LogP contribution is 2.32. The molecule has 7 heteroatoms. The lowest BCUT2D eigenvalue weighted by atomic mass is 10.1. The molecule has 3 heterocycles. The van der Waals surface area contributed by atoms with Crippen LogP contribution in [0.2, 0.25) is 0 Å².